The predicted molar refractivity (Wildman–Crippen MR) is 67.9 cm³/mol. The van der Waals surface area contributed by atoms with Gasteiger partial charge in [-0.2, -0.15) is 0 Å². The van der Waals surface area contributed by atoms with Crippen LogP contribution in [0.25, 0.3) is 0 Å². The zero-order chi connectivity index (χ0) is 13.1. The number of benzene rings is 1. The van der Waals surface area contributed by atoms with E-state index in [2.05, 4.69) is 10.3 Å². The highest BCUT2D eigenvalue weighted by atomic mass is 32.1. The number of aromatic nitrogens is 1. The molecule has 0 bridgehead atoms. The molecule has 2 aromatic rings. The van der Waals surface area contributed by atoms with E-state index in [-0.39, 0.29) is 11.3 Å². The fraction of sp³-hybridized carbons (Fsp3) is 0.0909. The number of carbonyl (C=O) groups is 1. The molecule has 0 atom stereocenters. The van der Waals surface area contributed by atoms with Gasteiger partial charge in [-0.3, -0.25) is 20.2 Å². The van der Waals surface area contributed by atoms with E-state index >= 15 is 0 Å². The number of nitro benzene ring substituents is 1. The lowest BCUT2D eigenvalue weighted by molar-refractivity contribution is -0.385. The molecule has 1 N–H and O–H groups in total. The largest absolute Gasteiger partial charge is 0.298 e. The van der Waals surface area contributed by atoms with Gasteiger partial charge in [-0.25, -0.2) is 4.98 Å². The van der Waals surface area contributed by atoms with Crippen molar-refractivity contribution in [2.45, 2.75) is 6.92 Å². The van der Waals surface area contributed by atoms with Crippen molar-refractivity contribution < 1.29 is 9.72 Å². The molecule has 0 aliphatic carbocycles. The second-order valence-electron chi connectivity index (χ2n) is 3.50. The highest BCUT2D eigenvalue weighted by Crippen LogP contribution is 2.21. The molecule has 18 heavy (non-hydrogen) atoms. The Bertz CT molecular complexity index is 609. The Balaban J connectivity index is 2.26. The first-order valence-corrected chi connectivity index (χ1v) is 5.87. The summed E-state index contributed by atoms with van der Waals surface area (Å²) in [6.45, 7) is 1.86. The molecule has 0 saturated carbocycles. The van der Waals surface area contributed by atoms with Crippen LogP contribution in [-0.4, -0.2) is 15.8 Å². The van der Waals surface area contributed by atoms with Crippen molar-refractivity contribution >= 4 is 28.1 Å². The van der Waals surface area contributed by atoms with Crippen LogP contribution >= 0.6 is 11.3 Å². The van der Waals surface area contributed by atoms with Crippen LogP contribution < -0.4 is 5.32 Å². The number of carbonyl (C=O) groups excluding carboxylic acids is 1. The Labute approximate surface area is 106 Å². The lowest BCUT2D eigenvalue weighted by atomic mass is 10.1. The number of rotatable bonds is 3. The summed E-state index contributed by atoms with van der Waals surface area (Å²) in [5.74, 6) is -0.531. The number of anilines is 1. The van der Waals surface area contributed by atoms with Gasteiger partial charge in [0.2, 0.25) is 0 Å². The van der Waals surface area contributed by atoms with Gasteiger partial charge in [0.1, 0.15) is 5.56 Å². The van der Waals surface area contributed by atoms with Crippen molar-refractivity contribution in [2.24, 2.45) is 0 Å². The van der Waals surface area contributed by atoms with E-state index in [1.54, 1.807) is 12.3 Å². The lowest BCUT2D eigenvalue weighted by Gasteiger charge is -2.02. The molecule has 0 fully saturated rings. The summed E-state index contributed by atoms with van der Waals surface area (Å²) in [6, 6.07) is 5.80. The van der Waals surface area contributed by atoms with Gasteiger partial charge in [-0.05, 0) is 13.0 Å². The molecule has 0 radical (unpaired) electrons. The average Bonchev–Trinajstić information content (AvgIpc) is 2.74. The second-order valence-corrected chi connectivity index (χ2v) is 4.74. The molecule has 0 saturated heterocycles. The second kappa shape index (κ2) is 4.92. The maximum absolute atomic E-state index is 11.9. The summed E-state index contributed by atoms with van der Waals surface area (Å²) >= 11 is 1.31. The van der Waals surface area contributed by atoms with Gasteiger partial charge in [0.25, 0.3) is 11.6 Å². The first kappa shape index (κ1) is 12.2. The van der Waals surface area contributed by atoms with E-state index in [0.717, 1.165) is 4.88 Å². The number of amides is 1. The van der Waals surface area contributed by atoms with Crippen molar-refractivity contribution in [2.75, 3.05) is 5.32 Å². The predicted octanol–water partition coefficient (Wildman–Crippen LogP) is 2.61. The third-order valence-electron chi connectivity index (χ3n) is 2.19. The van der Waals surface area contributed by atoms with Crippen LogP contribution in [0.2, 0.25) is 0 Å². The van der Waals surface area contributed by atoms with Crippen molar-refractivity contribution in [1.29, 1.82) is 0 Å². The number of nitro groups is 1. The van der Waals surface area contributed by atoms with E-state index in [1.807, 2.05) is 6.92 Å². The number of para-hydroxylation sites is 1. The maximum atomic E-state index is 11.9. The van der Waals surface area contributed by atoms with Gasteiger partial charge in [0.15, 0.2) is 5.13 Å². The Morgan fingerprint density at radius 2 is 2.17 bits per heavy atom. The maximum Gasteiger partial charge on any atom is 0.282 e. The Morgan fingerprint density at radius 3 is 2.78 bits per heavy atom. The smallest absolute Gasteiger partial charge is 0.282 e. The first-order chi connectivity index (χ1) is 8.58. The normalized spacial score (nSPS) is 10.1. The summed E-state index contributed by atoms with van der Waals surface area (Å²) in [5, 5.41) is 13.8. The van der Waals surface area contributed by atoms with Crippen molar-refractivity contribution in [3.63, 3.8) is 0 Å². The highest BCUT2D eigenvalue weighted by Gasteiger charge is 2.19. The molecular formula is C11H9N3O3S. The van der Waals surface area contributed by atoms with Crippen LogP contribution in [0, 0.1) is 17.0 Å². The third kappa shape index (κ3) is 2.51. The van der Waals surface area contributed by atoms with Crippen LogP contribution in [0.15, 0.2) is 30.5 Å². The molecule has 1 aromatic heterocycles. The van der Waals surface area contributed by atoms with E-state index in [0.29, 0.717) is 5.13 Å². The fourth-order valence-corrected chi connectivity index (χ4v) is 2.06. The molecule has 1 amide bonds. The quantitative estimate of drug-likeness (QED) is 0.681. The van der Waals surface area contributed by atoms with E-state index in [1.165, 1.54) is 29.5 Å². The van der Waals surface area contributed by atoms with Crippen LogP contribution in [0.1, 0.15) is 15.2 Å². The van der Waals surface area contributed by atoms with Crippen LogP contribution in [-0.2, 0) is 0 Å². The summed E-state index contributed by atoms with van der Waals surface area (Å²) in [6.07, 6.45) is 1.62. The van der Waals surface area contributed by atoms with Crippen LogP contribution in [0.4, 0.5) is 10.8 Å². The molecule has 6 nitrogen and oxygen atoms in total. The topological polar surface area (TPSA) is 85.1 Å². The summed E-state index contributed by atoms with van der Waals surface area (Å²) in [4.78, 5) is 27.0. The molecular weight excluding hydrogens is 254 g/mol. The molecule has 1 aromatic carbocycles. The zero-order valence-corrected chi connectivity index (χ0v) is 10.2. The number of hydrogen-bond donors (Lipinski definition) is 1. The Kier molecular flexibility index (Phi) is 3.33. The number of nitrogens with one attached hydrogen (secondary N) is 1. The van der Waals surface area contributed by atoms with E-state index < -0.39 is 10.8 Å². The van der Waals surface area contributed by atoms with Gasteiger partial charge >= 0.3 is 0 Å². The molecule has 0 aliphatic heterocycles. The van der Waals surface area contributed by atoms with Gasteiger partial charge in [-0.15, -0.1) is 11.3 Å². The first-order valence-electron chi connectivity index (χ1n) is 5.05. The third-order valence-corrected chi connectivity index (χ3v) is 3.02. The molecule has 92 valence electrons. The fourth-order valence-electron chi connectivity index (χ4n) is 1.40. The van der Waals surface area contributed by atoms with Crippen LogP contribution in [0.3, 0.4) is 0 Å². The van der Waals surface area contributed by atoms with Gasteiger partial charge < -0.3 is 0 Å². The van der Waals surface area contributed by atoms with Crippen molar-refractivity contribution in [1.82, 2.24) is 4.98 Å². The number of hydrogen-bond acceptors (Lipinski definition) is 5. The van der Waals surface area contributed by atoms with Crippen molar-refractivity contribution in [3.05, 3.63) is 51.0 Å². The van der Waals surface area contributed by atoms with Crippen molar-refractivity contribution in [3.8, 4) is 0 Å². The minimum atomic E-state index is -0.581. The molecule has 0 aliphatic rings. The van der Waals surface area contributed by atoms with Crippen LogP contribution in [0.5, 0.6) is 0 Å². The lowest BCUT2D eigenvalue weighted by Crippen LogP contribution is -2.13. The standard InChI is InChI=1S/C11H9N3O3S/c1-7-6-12-11(18-7)13-10(15)8-4-2-3-5-9(8)14(16)17/h2-6H,1H3,(H,12,13,15). The molecule has 7 heteroatoms. The number of aryl methyl sites for hydroxylation is 1. The molecule has 0 spiro atoms. The summed E-state index contributed by atoms with van der Waals surface area (Å²) in [5.41, 5.74) is -0.196. The summed E-state index contributed by atoms with van der Waals surface area (Å²) < 4.78 is 0. The Morgan fingerprint density at radius 1 is 1.44 bits per heavy atom. The highest BCUT2D eigenvalue weighted by molar-refractivity contribution is 7.15. The van der Waals surface area contributed by atoms with E-state index in [9.17, 15) is 14.9 Å². The number of nitrogens with zero attached hydrogens (tertiary/aromatic N) is 2. The molecule has 2 rings (SSSR count). The monoisotopic (exact) mass is 263 g/mol. The van der Waals surface area contributed by atoms with Gasteiger partial charge in [-0.1, -0.05) is 12.1 Å². The minimum absolute atomic E-state index is 0.0235. The Hall–Kier alpha value is -2.28. The minimum Gasteiger partial charge on any atom is -0.298 e. The SMILES string of the molecule is Cc1cnc(NC(=O)c2ccccc2[N+](=O)[O-])s1. The van der Waals surface area contributed by atoms with Gasteiger partial charge in [0, 0.05) is 17.1 Å². The molecule has 0 unspecified atom stereocenters. The zero-order valence-electron chi connectivity index (χ0n) is 9.41. The molecule has 1 heterocycles. The number of thiazole rings is 1. The average molecular weight is 263 g/mol. The summed E-state index contributed by atoms with van der Waals surface area (Å²) in [7, 11) is 0. The van der Waals surface area contributed by atoms with E-state index in [4.69, 9.17) is 0 Å². The van der Waals surface area contributed by atoms with Gasteiger partial charge in [0.05, 0.1) is 4.92 Å².